The average Bonchev–Trinajstić information content (AvgIpc) is 2.21. The first-order valence-corrected chi connectivity index (χ1v) is 8.32. The second-order valence-corrected chi connectivity index (χ2v) is 9.88. The number of rotatable bonds is 8. The van der Waals surface area contributed by atoms with Crippen molar-refractivity contribution >= 4 is 32.3 Å². The second kappa shape index (κ2) is 7.75. The summed E-state index contributed by atoms with van der Waals surface area (Å²) in [5, 5.41) is 1.85. The summed E-state index contributed by atoms with van der Waals surface area (Å²) in [6, 6.07) is 0. The highest BCUT2D eigenvalue weighted by molar-refractivity contribution is 8.19. The molecular weight excluding hydrogens is 248 g/mol. The Morgan fingerprint density at radius 1 is 1.13 bits per heavy atom. The van der Waals surface area contributed by atoms with Crippen LogP contribution in [0.5, 0.6) is 0 Å². The van der Waals surface area contributed by atoms with Crippen LogP contribution in [0, 0.1) is 0 Å². The molecule has 0 bridgehead atoms. The van der Waals surface area contributed by atoms with E-state index in [0.29, 0.717) is 4.58 Å². The van der Waals surface area contributed by atoms with Crippen LogP contribution < -0.4 is 0 Å². The molecule has 0 amide bonds. The summed E-state index contributed by atoms with van der Waals surface area (Å²) in [6.07, 6.45) is 0. The van der Waals surface area contributed by atoms with Crippen molar-refractivity contribution in [1.82, 2.24) is 0 Å². The molecule has 3 nitrogen and oxygen atoms in total. The van der Waals surface area contributed by atoms with Crippen molar-refractivity contribution in [3.63, 3.8) is 0 Å². The number of thioether (sulfide) groups is 2. The highest BCUT2D eigenvalue weighted by Crippen LogP contribution is 2.32. The summed E-state index contributed by atoms with van der Waals surface area (Å²) in [4.78, 5) is 0.208. The van der Waals surface area contributed by atoms with E-state index in [4.69, 9.17) is 13.3 Å². The fraction of sp³-hybridized carbons (Fsp3) is 0.778. The van der Waals surface area contributed by atoms with Crippen LogP contribution in [0.4, 0.5) is 0 Å². The van der Waals surface area contributed by atoms with Crippen molar-refractivity contribution in [2.24, 2.45) is 0 Å². The Kier molecular flexibility index (Phi) is 8.03. The van der Waals surface area contributed by atoms with E-state index in [-0.39, 0.29) is 4.87 Å². The fourth-order valence-corrected chi connectivity index (χ4v) is 7.06. The van der Waals surface area contributed by atoms with Crippen molar-refractivity contribution in [2.75, 3.05) is 21.3 Å². The van der Waals surface area contributed by atoms with E-state index in [9.17, 15) is 0 Å². The van der Waals surface area contributed by atoms with Gasteiger partial charge in [0.15, 0.2) is 0 Å². The minimum absolute atomic E-state index is 0.208. The van der Waals surface area contributed by atoms with Gasteiger partial charge in [-0.25, -0.2) is 0 Å². The monoisotopic (exact) mass is 268 g/mol. The third-order valence-corrected chi connectivity index (χ3v) is 8.05. The Morgan fingerprint density at radius 3 is 1.93 bits per heavy atom. The molecule has 0 fully saturated rings. The van der Waals surface area contributed by atoms with Gasteiger partial charge >= 0.3 is 8.80 Å². The van der Waals surface area contributed by atoms with Crippen LogP contribution in [0.25, 0.3) is 0 Å². The summed E-state index contributed by atoms with van der Waals surface area (Å²) in [7, 11) is 2.42. The molecule has 0 radical (unpaired) electrons. The molecule has 0 aliphatic carbocycles. The average molecular weight is 268 g/mol. The Labute approximate surface area is 102 Å². The van der Waals surface area contributed by atoms with Gasteiger partial charge in [0.2, 0.25) is 0 Å². The Bertz CT molecular complexity index is 180. The van der Waals surface area contributed by atoms with Gasteiger partial charge in [-0.3, -0.25) is 0 Å². The molecule has 0 spiro atoms. The smallest absolute Gasteiger partial charge is 0.376 e. The first kappa shape index (κ1) is 15.5. The van der Waals surface area contributed by atoms with E-state index >= 15 is 0 Å². The van der Waals surface area contributed by atoms with Gasteiger partial charge in [-0.05, 0) is 19.3 Å². The molecular formula is C9H20O3S2Si. The highest BCUT2D eigenvalue weighted by Gasteiger charge is 2.45. The lowest BCUT2D eigenvalue weighted by molar-refractivity contribution is 0.123. The normalized spacial score (nSPS) is 16.1. The zero-order chi connectivity index (χ0) is 11.9. The standard InChI is InChI=1S/C9H20O3S2Si/c1-7-13-8(2)14-9(3)15(10-4,11-5)12-6/h7-9H,1H2,2-6H3. The Hall–Kier alpha value is 0.537. The Morgan fingerprint density at radius 2 is 1.60 bits per heavy atom. The van der Waals surface area contributed by atoms with E-state index in [1.54, 1.807) is 44.9 Å². The van der Waals surface area contributed by atoms with Gasteiger partial charge in [-0.1, -0.05) is 6.58 Å². The maximum Gasteiger partial charge on any atom is 0.513 e. The molecule has 0 aromatic rings. The summed E-state index contributed by atoms with van der Waals surface area (Å²) in [5.74, 6) is 0. The van der Waals surface area contributed by atoms with Gasteiger partial charge in [0.25, 0.3) is 0 Å². The van der Waals surface area contributed by atoms with Crippen LogP contribution >= 0.6 is 23.5 Å². The van der Waals surface area contributed by atoms with Crippen LogP contribution in [0.2, 0.25) is 0 Å². The molecule has 0 rings (SSSR count). The molecule has 0 aliphatic heterocycles. The van der Waals surface area contributed by atoms with E-state index in [1.807, 2.05) is 5.41 Å². The maximum absolute atomic E-state index is 5.42. The molecule has 0 heterocycles. The molecule has 2 unspecified atom stereocenters. The van der Waals surface area contributed by atoms with Crippen LogP contribution in [-0.2, 0) is 13.3 Å². The van der Waals surface area contributed by atoms with Crippen molar-refractivity contribution in [3.8, 4) is 0 Å². The van der Waals surface area contributed by atoms with Gasteiger partial charge in [0.1, 0.15) is 0 Å². The number of hydrogen-bond acceptors (Lipinski definition) is 5. The van der Waals surface area contributed by atoms with Gasteiger partial charge in [-0.15, -0.1) is 23.5 Å². The third kappa shape index (κ3) is 4.50. The van der Waals surface area contributed by atoms with Gasteiger partial charge in [-0.2, -0.15) is 0 Å². The molecule has 0 saturated carbocycles. The minimum atomic E-state index is -2.50. The van der Waals surface area contributed by atoms with Crippen molar-refractivity contribution in [2.45, 2.75) is 23.3 Å². The first-order chi connectivity index (χ1) is 7.06. The first-order valence-electron chi connectivity index (χ1n) is 4.63. The highest BCUT2D eigenvalue weighted by atomic mass is 32.2. The molecule has 90 valence electrons. The van der Waals surface area contributed by atoms with Crippen molar-refractivity contribution in [3.05, 3.63) is 12.0 Å². The zero-order valence-corrected chi connectivity index (χ0v) is 12.6. The summed E-state index contributed by atoms with van der Waals surface area (Å²) < 4.78 is 16.7. The van der Waals surface area contributed by atoms with E-state index in [1.165, 1.54) is 0 Å². The van der Waals surface area contributed by atoms with E-state index < -0.39 is 8.80 Å². The SMILES string of the molecule is C=CSC(C)SC(C)[Si](OC)(OC)OC. The lowest BCUT2D eigenvalue weighted by atomic mass is 10.9. The van der Waals surface area contributed by atoms with E-state index in [0.717, 1.165) is 0 Å². The van der Waals surface area contributed by atoms with Crippen LogP contribution in [0.1, 0.15) is 13.8 Å². The largest absolute Gasteiger partial charge is 0.513 e. The predicted octanol–water partition coefficient (Wildman–Crippen LogP) is 2.75. The van der Waals surface area contributed by atoms with Gasteiger partial charge < -0.3 is 13.3 Å². The number of hydrogen-bond donors (Lipinski definition) is 0. The lowest BCUT2D eigenvalue weighted by Crippen LogP contribution is -2.52. The lowest BCUT2D eigenvalue weighted by Gasteiger charge is -2.30. The van der Waals surface area contributed by atoms with Crippen LogP contribution in [0.3, 0.4) is 0 Å². The summed E-state index contributed by atoms with van der Waals surface area (Å²) >= 11 is 3.47. The van der Waals surface area contributed by atoms with Gasteiger partial charge in [0.05, 0.1) is 9.46 Å². The maximum atomic E-state index is 5.42. The van der Waals surface area contributed by atoms with E-state index in [2.05, 4.69) is 20.4 Å². The third-order valence-electron chi connectivity index (χ3n) is 2.04. The van der Waals surface area contributed by atoms with Crippen molar-refractivity contribution < 1.29 is 13.3 Å². The molecule has 0 N–H and O–H groups in total. The molecule has 0 aromatic heterocycles. The van der Waals surface area contributed by atoms with Crippen LogP contribution in [-0.4, -0.2) is 39.6 Å². The van der Waals surface area contributed by atoms with Crippen molar-refractivity contribution in [1.29, 1.82) is 0 Å². The molecule has 6 heteroatoms. The van der Waals surface area contributed by atoms with Crippen LogP contribution in [0.15, 0.2) is 12.0 Å². The molecule has 0 aromatic carbocycles. The zero-order valence-electron chi connectivity index (χ0n) is 9.98. The van der Waals surface area contributed by atoms with Gasteiger partial charge in [0, 0.05) is 21.3 Å². The topological polar surface area (TPSA) is 27.7 Å². The quantitative estimate of drug-likeness (QED) is 0.498. The minimum Gasteiger partial charge on any atom is -0.376 e. The molecule has 2 atom stereocenters. The molecule has 0 saturated heterocycles. The Balaban J connectivity index is 4.37. The fourth-order valence-electron chi connectivity index (χ4n) is 1.29. The molecule has 15 heavy (non-hydrogen) atoms. The summed E-state index contributed by atoms with van der Waals surface area (Å²) in [5.41, 5.74) is 0. The second-order valence-electron chi connectivity index (χ2n) is 2.86. The molecule has 0 aliphatic rings. The predicted molar refractivity (Wildman–Crippen MR) is 71.1 cm³/mol. The summed E-state index contributed by atoms with van der Waals surface area (Å²) in [6.45, 7) is 7.91.